The number of H-pyrrole nitrogens is 1. The Kier molecular flexibility index (Phi) is 6.93. The van der Waals surface area contributed by atoms with Crippen molar-refractivity contribution < 1.29 is 14.3 Å². The predicted octanol–water partition coefficient (Wildman–Crippen LogP) is 4.16. The molecule has 0 spiro atoms. The van der Waals surface area contributed by atoms with Gasteiger partial charge in [0.1, 0.15) is 11.2 Å². The lowest BCUT2D eigenvalue weighted by Gasteiger charge is -2.37. The van der Waals surface area contributed by atoms with Crippen molar-refractivity contribution in [3.63, 3.8) is 0 Å². The van der Waals surface area contributed by atoms with E-state index >= 15 is 0 Å². The molecular weight excluding hydrogens is 482 g/mol. The third-order valence-electron chi connectivity index (χ3n) is 7.05. The number of rotatable bonds is 4. The van der Waals surface area contributed by atoms with E-state index in [0.717, 1.165) is 29.7 Å². The fraction of sp³-hybridized carbons (Fsp3) is 0.379. The number of ether oxygens (including phenoxy) is 1. The van der Waals surface area contributed by atoms with Gasteiger partial charge in [-0.2, -0.15) is 0 Å². The zero-order chi connectivity index (χ0) is 26.9. The van der Waals surface area contributed by atoms with Gasteiger partial charge in [0.25, 0.3) is 11.5 Å². The minimum absolute atomic E-state index is 0.0616. The Hall–Kier alpha value is -4.14. The molecule has 0 radical (unpaired) electrons. The summed E-state index contributed by atoms with van der Waals surface area (Å²) in [6, 6.07) is 11.5. The molecule has 1 saturated heterocycles. The number of nitrogens with zero attached hydrogens (tertiary/aromatic N) is 3. The number of carbonyl (C=O) groups excluding carboxylic acids is 2. The number of benzene rings is 1. The van der Waals surface area contributed by atoms with Crippen molar-refractivity contribution in [2.24, 2.45) is 0 Å². The van der Waals surface area contributed by atoms with E-state index in [0.29, 0.717) is 31.9 Å². The molecule has 1 unspecified atom stereocenters. The summed E-state index contributed by atoms with van der Waals surface area (Å²) in [5, 5.41) is 2.83. The Labute approximate surface area is 221 Å². The van der Waals surface area contributed by atoms with Crippen molar-refractivity contribution in [1.82, 2.24) is 14.9 Å². The highest BCUT2D eigenvalue weighted by molar-refractivity contribution is 6.05. The molecule has 0 saturated carbocycles. The van der Waals surface area contributed by atoms with E-state index in [1.54, 1.807) is 35.6 Å². The van der Waals surface area contributed by atoms with Gasteiger partial charge in [0, 0.05) is 62.1 Å². The first-order valence-electron chi connectivity index (χ1n) is 13.0. The smallest absolute Gasteiger partial charge is 0.410 e. The topological polar surface area (TPSA) is 108 Å². The number of fused-ring (bicyclic) bond motifs is 1. The molecule has 1 aliphatic carbocycles. The molecular formula is C29H33N5O4. The molecule has 38 heavy (non-hydrogen) atoms. The number of anilines is 2. The Bertz CT molecular complexity index is 1390. The average molecular weight is 516 g/mol. The number of aromatic nitrogens is 2. The molecule has 2 N–H and O–H groups in total. The fourth-order valence-electron chi connectivity index (χ4n) is 5.36. The number of nitrogens with one attached hydrogen (secondary N) is 2. The van der Waals surface area contributed by atoms with Crippen molar-refractivity contribution >= 4 is 23.4 Å². The molecule has 1 atom stereocenters. The molecule has 5 rings (SSSR count). The lowest BCUT2D eigenvalue weighted by Crippen LogP contribution is -2.50. The molecule has 1 aliphatic heterocycles. The molecule has 198 valence electrons. The van der Waals surface area contributed by atoms with Gasteiger partial charge in [-0.1, -0.05) is 12.1 Å². The van der Waals surface area contributed by atoms with Gasteiger partial charge in [-0.25, -0.2) is 4.79 Å². The molecule has 2 aromatic heterocycles. The van der Waals surface area contributed by atoms with Crippen molar-refractivity contribution in [2.75, 3.05) is 36.4 Å². The maximum atomic E-state index is 13.2. The zero-order valence-corrected chi connectivity index (χ0v) is 22.0. The number of carbonyl (C=O) groups is 2. The summed E-state index contributed by atoms with van der Waals surface area (Å²) in [7, 11) is 0. The van der Waals surface area contributed by atoms with Gasteiger partial charge in [0.2, 0.25) is 0 Å². The number of pyridine rings is 2. The van der Waals surface area contributed by atoms with Gasteiger partial charge < -0.3 is 24.8 Å². The molecule has 3 heterocycles. The largest absolute Gasteiger partial charge is 0.444 e. The van der Waals surface area contributed by atoms with Gasteiger partial charge in [-0.3, -0.25) is 14.6 Å². The van der Waals surface area contributed by atoms with E-state index in [9.17, 15) is 14.4 Å². The van der Waals surface area contributed by atoms with Crippen LogP contribution >= 0.6 is 0 Å². The number of hydrogen-bond donors (Lipinski definition) is 2. The molecule has 1 fully saturated rings. The molecule has 0 bridgehead atoms. The van der Waals surface area contributed by atoms with Gasteiger partial charge in [-0.15, -0.1) is 0 Å². The van der Waals surface area contributed by atoms with Crippen LogP contribution in [0.4, 0.5) is 16.2 Å². The van der Waals surface area contributed by atoms with Crippen molar-refractivity contribution in [3.8, 4) is 0 Å². The molecule has 1 aromatic carbocycles. The van der Waals surface area contributed by atoms with Crippen LogP contribution in [0, 0.1) is 0 Å². The minimum atomic E-state index is -0.517. The molecule has 9 heteroatoms. The first kappa shape index (κ1) is 25.5. The molecule has 3 aromatic rings. The third kappa shape index (κ3) is 5.27. The average Bonchev–Trinajstić information content (AvgIpc) is 3.32. The van der Waals surface area contributed by atoms with Crippen LogP contribution in [0.25, 0.3) is 0 Å². The van der Waals surface area contributed by atoms with Crippen LogP contribution in [0.1, 0.15) is 60.2 Å². The Morgan fingerprint density at radius 3 is 2.47 bits per heavy atom. The predicted molar refractivity (Wildman–Crippen MR) is 146 cm³/mol. The maximum Gasteiger partial charge on any atom is 0.410 e. The number of piperazine rings is 1. The van der Waals surface area contributed by atoms with Gasteiger partial charge in [-0.05, 0) is 74.6 Å². The van der Waals surface area contributed by atoms with Crippen LogP contribution in [-0.4, -0.2) is 58.6 Å². The Morgan fingerprint density at radius 1 is 1.03 bits per heavy atom. The van der Waals surface area contributed by atoms with E-state index in [1.807, 2.05) is 32.9 Å². The van der Waals surface area contributed by atoms with E-state index in [1.165, 1.54) is 5.56 Å². The Morgan fingerprint density at radius 2 is 1.76 bits per heavy atom. The van der Waals surface area contributed by atoms with Gasteiger partial charge in [0.05, 0.1) is 0 Å². The molecule has 2 amide bonds. The van der Waals surface area contributed by atoms with E-state index in [-0.39, 0.29) is 17.6 Å². The van der Waals surface area contributed by atoms with Crippen molar-refractivity contribution in [3.05, 3.63) is 87.6 Å². The summed E-state index contributed by atoms with van der Waals surface area (Å²) >= 11 is 0. The van der Waals surface area contributed by atoms with Crippen molar-refractivity contribution in [2.45, 2.75) is 45.1 Å². The number of hydrogen-bond acceptors (Lipinski definition) is 6. The summed E-state index contributed by atoms with van der Waals surface area (Å²) in [4.78, 5) is 49.3. The second-order valence-electron chi connectivity index (χ2n) is 10.7. The van der Waals surface area contributed by atoms with Crippen LogP contribution in [0.2, 0.25) is 0 Å². The van der Waals surface area contributed by atoms with Crippen LogP contribution in [-0.2, 0) is 11.2 Å². The maximum absolute atomic E-state index is 13.2. The summed E-state index contributed by atoms with van der Waals surface area (Å²) in [6.45, 7) is 8.24. The summed E-state index contributed by atoms with van der Waals surface area (Å²) in [6.07, 6.45) is 6.17. The van der Waals surface area contributed by atoms with Crippen LogP contribution in [0.3, 0.4) is 0 Å². The molecule has 9 nitrogen and oxygen atoms in total. The zero-order valence-electron chi connectivity index (χ0n) is 22.0. The monoisotopic (exact) mass is 515 g/mol. The lowest BCUT2D eigenvalue weighted by atomic mass is 9.89. The highest BCUT2D eigenvalue weighted by atomic mass is 16.6. The SMILES string of the molecule is CC(C)(C)OC(=O)N1CCN(c2cccc3c2CCC3c2cc[nH]c(=O)c2C(=O)Nc2ccncc2)CC1. The Balaban J connectivity index is 1.37. The third-order valence-corrected chi connectivity index (χ3v) is 7.05. The highest BCUT2D eigenvalue weighted by Gasteiger charge is 2.33. The second-order valence-corrected chi connectivity index (χ2v) is 10.7. The van der Waals surface area contributed by atoms with Gasteiger partial charge >= 0.3 is 6.09 Å². The van der Waals surface area contributed by atoms with Crippen molar-refractivity contribution in [1.29, 1.82) is 0 Å². The first-order chi connectivity index (χ1) is 18.2. The summed E-state index contributed by atoms with van der Waals surface area (Å²) < 4.78 is 5.54. The molecule has 2 aliphatic rings. The van der Waals surface area contributed by atoms with Crippen LogP contribution in [0.5, 0.6) is 0 Å². The van der Waals surface area contributed by atoms with E-state index in [4.69, 9.17) is 4.74 Å². The fourth-order valence-corrected chi connectivity index (χ4v) is 5.36. The lowest BCUT2D eigenvalue weighted by molar-refractivity contribution is 0.0240. The summed E-state index contributed by atoms with van der Waals surface area (Å²) in [5.41, 5.74) is 4.06. The van der Waals surface area contributed by atoms with Gasteiger partial charge in [0.15, 0.2) is 0 Å². The number of aromatic amines is 1. The highest BCUT2D eigenvalue weighted by Crippen LogP contribution is 2.43. The number of amides is 2. The minimum Gasteiger partial charge on any atom is -0.444 e. The van der Waals surface area contributed by atoms with E-state index in [2.05, 4.69) is 32.3 Å². The van der Waals surface area contributed by atoms with E-state index < -0.39 is 17.1 Å². The van der Waals surface area contributed by atoms with Crippen LogP contribution in [0.15, 0.2) is 59.8 Å². The summed E-state index contributed by atoms with van der Waals surface area (Å²) in [5.74, 6) is -0.496. The normalized spacial score (nSPS) is 17.2. The first-order valence-corrected chi connectivity index (χ1v) is 13.0. The standard InChI is InChI=1S/C29H33N5O4/c1-29(2,3)38-28(37)34-17-15-33(16-18-34)24-6-4-5-20-21(7-8-22(20)24)23-11-14-31-26(35)25(23)27(36)32-19-9-12-30-13-10-19/h4-6,9-14,21H,7-8,15-18H2,1-3H3,(H,31,35)(H,30,32,36). The second kappa shape index (κ2) is 10.3. The quantitative estimate of drug-likeness (QED) is 0.540. The van der Waals surface area contributed by atoms with Crippen LogP contribution < -0.4 is 15.8 Å².